The number of nitrogens with one attached hydrogen (secondary N) is 1. The number of aromatic nitrogens is 3. The molecule has 0 saturated heterocycles. The Bertz CT molecular complexity index is 1050. The van der Waals surface area contributed by atoms with Crippen molar-refractivity contribution >= 4 is 23.1 Å². The van der Waals surface area contributed by atoms with Gasteiger partial charge in [-0.2, -0.15) is 0 Å². The summed E-state index contributed by atoms with van der Waals surface area (Å²) in [6.45, 7) is 0. The second-order valence-electron chi connectivity index (χ2n) is 6.43. The third-order valence-corrected chi connectivity index (χ3v) is 4.32. The Kier molecular flexibility index (Phi) is 4.30. The standard InChI is InChI=1S/C21H19N5O/c1-25(2)18-10-6-16(7-11-18)20(27)23-17-8-4-15(5-9-17)19-14-26-13-3-12-22-21(26)24-19/h3-14H,1-2H3,(H,23,27). The molecule has 0 bridgehead atoms. The Hall–Kier alpha value is -3.67. The van der Waals surface area contributed by atoms with Gasteiger partial charge in [-0.25, -0.2) is 9.97 Å². The van der Waals surface area contributed by atoms with E-state index in [2.05, 4.69) is 15.3 Å². The largest absolute Gasteiger partial charge is 0.378 e. The van der Waals surface area contributed by atoms with Crippen LogP contribution in [0.3, 0.4) is 0 Å². The quantitative estimate of drug-likeness (QED) is 0.605. The summed E-state index contributed by atoms with van der Waals surface area (Å²) in [6.07, 6.45) is 5.56. The van der Waals surface area contributed by atoms with E-state index in [-0.39, 0.29) is 5.91 Å². The van der Waals surface area contributed by atoms with Gasteiger partial charge in [0.05, 0.1) is 5.69 Å². The highest BCUT2D eigenvalue weighted by atomic mass is 16.1. The number of amides is 1. The average Bonchev–Trinajstić information content (AvgIpc) is 3.13. The van der Waals surface area contributed by atoms with Crippen molar-refractivity contribution in [2.45, 2.75) is 0 Å². The zero-order valence-electron chi connectivity index (χ0n) is 15.1. The molecule has 2 aromatic carbocycles. The number of imidazole rings is 1. The number of fused-ring (bicyclic) bond motifs is 1. The van der Waals surface area contributed by atoms with Crippen molar-refractivity contribution in [3.63, 3.8) is 0 Å². The summed E-state index contributed by atoms with van der Waals surface area (Å²) in [7, 11) is 3.94. The minimum atomic E-state index is -0.134. The van der Waals surface area contributed by atoms with Gasteiger partial charge < -0.3 is 10.2 Å². The zero-order valence-corrected chi connectivity index (χ0v) is 15.1. The van der Waals surface area contributed by atoms with Crippen LogP contribution < -0.4 is 10.2 Å². The maximum atomic E-state index is 12.4. The lowest BCUT2D eigenvalue weighted by Gasteiger charge is -2.12. The van der Waals surface area contributed by atoms with E-state index in [9.17, 15) is 4.79 Å². The van der Waals surface area contributed by atoms with Gasteiger partial charge in [0.2, 0.25) is 5.78 Å². The van der Waals surface area contributed by atoms with E-state index in [0.717, 1.165) is 22.6 Å². The molecule has 6 nitrogen and oxygen atoms in total. The molecule has 2 aromatic heterocycles. The highest BCUT2D eigenvalue weighted by molar-refractivity contribution is 6.04. The number of carbonyl (C=O) groups is 1. The molecule has 27 heavy (non-hydrogen) atoms. The van der Waals surface area contributed by atoms with Crippen LogP contribution in [0.2, 0.25) is 0 Å². The normalized spacial score (nSPS) is 10.7. The van der Waals surface area contributed by atoms with Crippen LogP contribution in [0.5, 0.6) is 0 Å². The highest BCUT2D eigenvalue weighted by Gasteiger charge is 2.08. The first-order valence-corrected chi connectivity index (χ1v) is 8.59. The molecule has 4 aromatic rings. The predicted molar refractivity (Wildman–Crippen MR) is 107 cm³/mol. The summed E-state index contributed by atoms with van der Waals surface area (Å²) in [5.41, 5.74) is 4.22. The molecule has 6 heteroatoms. The van der Waals surface area contributed by atoms with E-state index in [1.165, 1.54) is 0 Å². The molecule has 0 aliphatic heterocycles. The highest BCUT2D eigenvalue weighted by Crippen LogP contribution is 2.21. The lowest BCUT2D eigenvalue weighted by Crippen LogP contribution is -2.13. The summed E-state index contributed by atoms with van der Waals surface area (Å²) in [5, 5.41) is 2.92. The number of carbonyl (C=O) groups excluding carboxylic acids is 1. The Labute approximate surface area is 157 Å². The maximum absolute atomic E-state index is 12.4. The second-order valence-corrected chi connectivity index (χ2v) is 6.43. The molecule has 1 N–H and O–H groups in total. The summed E-state index contributed by atoms with van der Waals surface area (Å²) in [4.78, 5) is 23.1. The van der Waals surface area contributed by atoms with E-state index in [4.69, 9.17) is 0 Å². The van der Waals surface area contributed by atoms with Crippen LogP contribution in [0, 0.1) is 0 Å². The van der Waals surface area contributed by atoms with E-state index in [1.807, 2.05) is 90.4 Å². The fourth-order valence-corrected chi connectivity index (χ4v) is 2.81. The van der Waals surface area contributed by atoms with Crippen LogP contribution in [0.1, 0.15) is 10.4 Å². The summed E-state index contributed by atoms with van der Waals surface area (Å²) < 4.78 is 1.88. The lowest BCUT2D eigenvalue weighted by atomic mass is 10.1. The van der Waals surface area contributed by atoms with Crippen LogP contribution in [0.25, 0.3) is 17.0 Å². The van der Waals surface area contributed by atoms with Gasteiger partial charge in [0.15, 0.2) is 0 Å². The van der Waals surface area contributed by atoms with Crippen molar-refractivity contribution in [3.05, 3.63) is 78.8 Å². The molecule has 2 heterocycles. The first-order valence-electron chi connectivity index (χ1n) is 8.59. The van der Waals surface area contributed by atoms with Gasteiger partial charge in [0.1, 0.15) is 0 Å². The van der Waals surface area contributed by atoms with Gasteiger partial charge in [-0.3, -0.25) is 9.20 Å². The van der Waals surface area contributed by atoms with Crippen LogP contribution in [-0.4, -0.2) is 34.4 Å². The second kappa shape index (κ2) is 6.92. The Morgan fingerprint density at radius 2 is 1.78 bits per heavy atom. The molecule has 0 fully saturated rings. The van der Waals surface area contributed by atoms with Gasteiger partial charge in [0.25, 0.3) is 5.91 Å². The van der Waals surface area contributed by atoms with Crippen molar-refractivity contribution in [3.8, 4) is 11.3 Å². The molecular formula is C21H19N5O. The molecule has 0 saturated carbocycles. The SMILES string of the molecule is CN(C)c1ccc(C(=O)Nc2ccc(-c3cn4cccnc4n3)cc2)cc1. The average molecular weight is 357 g/mol. The Balaban J connectivity index is 1.49. The Morgan fingerprint density at radius 1 is 1.04 bits per heavy atom. The Morgan fingerprint density at radius 3 is 2.44 bits per heavy atom. The molecule has 0 aliphatic carbocycles. The molecule has 0 spiro atoms. The molecule has 1 amide bonds. The summed E-state index contributed by atoms with van der Waals surface area (Å²) >= 11 is 0. The van der Waals surface area contributed by atoms with Gasteiger partial charge in [-0.05, 0) is 42.5 Å². The van der Waals surface area contributed by atoms with Gasteiger partial charge in [-0.15, -0.1) is 0 Å². The predicted octanol–water partition coefficient (Wildman–Crippen LogP) is 3.71. The lowest BCUT2D eigenvalue weighted by molar-refractivity contribution is 0.102. The molecule has 0 atom stereocenters. The number of benzene rings is 2. The molecule has 0 aliphatic rings. The van der Waals surface area contributed by atoms with Crippen molar-refractivity contribution in [1.29, 1.82) is 0 Å². The van der Waals surface area contributed by atoms with Crippen LogP contribution >= 0.6 is 0 Å². The van der Waals surface area contributed by atoms with Crippen molar-refractivity contribution in [1.82, 2.24) is 14.4 Å². The summed E-state index contributed by atoms with van der Waals surface area (Å²) in [6, 6.07) is 17.0. The number of nitrogens with zero attached hydrogens (tertiary/aromatic N) is 4. The molecule has 0 unspecified atom stereocenters. The smallest absolute Gasteiger partial charge is 0.255 e. The minimum Gasteiger partial charge on any atom is -0.378 e. The fraction of sp³-hybridized carbons (Fsp3) is 0.0952. The zero-order chi connectivity index (χ0) is 18.8. The third-order valence-electron chi connectivity index (χ3n) is 4.32. The van der Waals surface area contributed by atoms with E-state index in [0.29, 0.717) is 11.3 Å². The number of rotatable bonds is 4. The van der Waals surface area contributed by atoms with Crippen molar-refractivity contribution in [2.75, 3.05) is 24.3 Å². The number of hydrogen-bond donors (Lipinski definition) is 1. The molecule has 134 valence electrons. The molecular weight excluding hydrogens is 338 g/mol. The van der Waals surface area contributed by atoms with E-state index in [1.54, 1.807) is 6.20 Å². The monoisotopic (exact) mass is 357 g/mol. The minimum absolute atomic E-state index is 0.134. The number of anilines is 2. The van der Waals surface area contributed by atoms with Gasteiger partial charge >= 0.3 is 0 Å². The third kappa shape index (κ3) is 3.50. The van der Waals surface area contributed by atoms with Gasteiger partial charge in [0, 0.05) is 55.2 Å². The van der Waals surface area contributed by atoms with Crippen LogP contribution in [0.4, 0.5) is 11.4 Å². The van der Waals surface area contributed by atoms with Crippen LogP contribution in [0.15, 0.2) is 73.2 Å². The first kappa shape index (κ1) is 16.8. The number of hydrogen-bond acceptors (Lipinski definition) is 4. The van der Waals surface area contributed by atoms with E-state index < -0.39 is 0 Å². The topological polar surface area (TPSA) is 62.5 Å². The van der Waals surface area contributed by atoms with Crippen LogP contribution in [-0.2, 0) is 0 Å². The summed E-state index contributed by atoms with van der Waals surface area (Å²) in [5.74, 6) is 0.524. The molecule has 4 rings (SSSR count). The molecule has 0 radical (unpaired) electrons. The van der Waals surface area contributed by atoms with Crippen molar-refractivity contribution in [2.24, 2.45) is 0 Å². The first-order chi connectivity index (χ1) is 13.1. The fourth-order valence-electron chi connectivity index (χ4n) is 2.81. The van der Waals surface area contributed by atoms with Crippen molar-refractivity contribution < 1.29 is 4.79 Å². The van der Waals surface area contributed by atoms with E-state index >= 15 is 0 Å². The van der Waals surface area contributed by atoms with Gasteiger partial charge in [-0.1, -0.05) is 12.1 Å². The maximum Gasteiger partial charge on any atom is 0.255 e.